The summed E-state index contributed by atoms with van der Waals surface area (Å²) in [6.45, 7) is 8.54. The lowest BCUT2D eigenvalue weighted by Gasteiger charge is -2.21. The van der Waals surface area contributed by atoms with Gasteiger partial charge in [0.25, 0.3) is 0 Å². The van der Waals surface area contributed by atoms with Gasteiger partial charge < -0.3 is 4.43 Å². The minimum absolute atomic E-state index is 0.288. The Balaban J connectivity index is 2.68. The lowest BCUT2D eigenvalue weighted by Crippen LogP contribution is -2.31. The van der Waals surface area contributed by atoms with Gasteiger partial charge >= 0.3 is 0 Å². The molecule has 0 fully saturated rings. The molecule has 0 unspecified atom stereocenters. The maximum atomic E-state index is 5.91. The molecule has 0 aliphatic carbocycles. The van der Waals surface area contributed by atoms with Gasteiger partial charge in [-0.25, -0.2) is 0 Å². The van der Waals surface area contributed by atoms with Crippen molar-refractivity contribution >= 4 is 26.0 Å². The molecule has 0 N–H and O–H groups in total. The molecule has 0 saturated carbocycles. The Hall–Kier alpha value is -0.573. The molecule has 0 saturated heterocycles. The number of hydrogen-bond donors (Lipinski definition) is 0. The lowest BCUT2D eigenvalue weighted by atomic mass is 10.2. The van der Waals surface area contributed by atoms with Crippen molar-refractivity contribution in [3.8, 4) is 0 Å². The van der Waals surface area contributed by atoms with Crippen LogP contribution in [0.3, 0.4) is 0 Å². The Morgan fingerprint density at radius 2 is 1.75 bits per heavy atom. The summed E-state index contributed by atoms with van der Waals surface area (Å²) in [6.07, 6.45) is 2.40. The smallest absolute Gasteiger partial charge is 0.211 e. The first-order chi connectivity index (χ1) is 7.39. The Kier molecular flexibility index (Phi) is 4.78. The molecule has 0 radical (unpaired) electrons. The van der Waals surface area contributed by atoms with Crippen LogP contribution in [0.5, 0.6) is 0 Å². The van der Waals surface area contributed by atoms with E-state index >= 15 is 0 Å². The number of hydrogen-bond acceptors (Lipinski definition) is 1. The summed E-state index contributed by atoms with van der Waals surface area (Å²) in [5.74, 6) is 0. The molecule has 88 valence electrons. The first-order valence-corrected chi connectivity index (χ1v) is 8.88. The zero-order valence-corrected chi connectivity index (χ0v) is 12.1. The molecule has 0 heterocycles. The van der Waals surface area contributed by atoms with Gasteiger partial charge in [0, 0.05) is 11.1 Å². The van der Waals surface area contributed by atoms with E-state index in [9.17, 15) is 0 Å². The van der Waals surface area contributed by atoms with Gasteiger partial charge in [0.1, 0.15) is 0 Å². The number of rotatable bonds is 4. The highest BCUT2D eigenvalue weighted by Gasteiger charge is 2.19. The van der Waals surface area contributed by atoms with E-state index in [-0.39, 0.29) is 6.10 Å². The van der Waals surface area contributed by atoms with Crippen LogP contribution in [0.25, 0.3) is 6.08 Å². The van der Waals surface area contributed by atoms with Crippen LogP contribution in [0.1, 0.15) is 19.4 Å². The maximum Gasteiger partial charge on any atom is 0.211 e. The topological polar surface area (TPSA) is 9.23 Å². The summed E-state index contributed by atoms with van der Waals surface area (Å²) in [5, 5.41) is 0.770. The van der Waals surface area contributed by atoms with Gasteiger partial charge in [0.15, 0.2) is 0 Å². The maximum absolute atomic E-state index is 5.91. The highest BCUT2D eigenvalue weighted by atomic mass is 35.5. The van der Waals surface area contributed by atoms with Crippen LogP contribution in [0.2, 0.25) is 18.1 Å². The van der Waals surface area contributed by atoms with E-state index in [2.05, 4.69) is 38.7 Å². The molecular weight excluding hydrogens is 236 g/mol. The second-order valence-corrected chi connectivity index (χ2v) is 8.87. The fraction of sp³-hybridized carbons (Fsp3) is 0.385. The van der Waals surface area contributed by atoms with Gasteiger partial charge in [0.05, 0.1) is 0 Å². The zero-order valence-electron chi connectivity index (χ0n) is 10.3. The van der Waals surface area contributed by atoms with Crippen molar-refractivity contribution in [2.75, 3.05) is 0 Å². The second kappa shape index (κ2) is 5.67. The molecular formula is C13H19ClOSi. The van der Waals surface area contributed by atoms with E-state index in [1.54, 1.807) is 0 Å². The number of halogens is 1. The SMILES string of the molecule is CC(C)O[Si](C)(C)/C=C/c1ccc(Cl)cc1. The van der Waals surface area contributed by atoms with Gasteiger partial charge in [-0.15, -0.1) is 0 Å². The third-order valence-electron chi connectivity index (χ3n) is 2.09. The molecule has 0 aliphatic heterocycles. The molecule has 1 rings (SSSR count). The van der Waals surface area contributed by atoms with E-state index in [0.717, 1.165) is 10.6 Å². The highest BCUT2D eigenvalue weighted by Crippen LogP contribution is 2.14. The summed E-state index contributed by atoms with van der Waals surface area (Å²) in [6, 6.07) is 7.83. The largest absolute Gasteiger partial charge is 0.411 e. The fourth-order valence-corrected chi connectivity index (χ4v) is 3.53. The van der Waals surface area contributed by atoms with Crippen LogP contribution in [0, 0.1) is 0 Å². The Morgan fingerprint density at radius 3 is 2.25 bits per heavy atom. The van der Waals surface area contributed by atoms with E-state index in [1.165, 1.54) is 0 Å². The summed E-state index contributed by atoms with van der Waals surface area (Å²) in [4.78, 5) is 0. The van der Waals surface area contributed by atoms with Crippen molar-refractivity contribution in [1.29, 1.82) is 0 Å². The van der Waals surface area contributed by atoms with Crippen molar-refractivity contribution in [2.24, 2.45) is 0 Å². The standard InChI is InChI=1S/C13H19ClOSi/c1-11(2)15-16(3,4)10-9-12-5-7-13(14)8-6-12/h5-11H,1-4H3/b10-9+. The molecule has 0 bridgehead atoms. The Bertz CT molecular complexity index is 355. The van der Waals surface area contributed by atoms with E-state index in [1.807, 2.05) is 24.3 Å². The predicted molar refractivity (Wildman–Crippen MR) is 74.2 cm³/mol. The Labute approximate surface area is 104 Å². The average molecular weight is 255 g/mol. The van der Waals surface area contributed by atoms with Crippen molar-refractivity contribution in [3.05, 3.63) is 40.6 Å². The van der Waals surface area contributed by atoms with Gasteiger partial charge in [-0.3, -0.25) is 0 Å². The molecule has 0 spiro atoms. The Morgan fingerprint density at radius 1 is 1.19 bits per heavy atom. The van der Waals surface area contributed by atoms with Gasteiger partial charge in [-0.2, -0.15) is 0 Å². The summed E-state index contributed by atoms with van der Waals surface area (Å²) in [7, 11) is -1.68. The molecule has 0 atom stereocenters. The van der Waals surface area contributed by atoms with Crippen LogP contribution in [-0.2, 0) is 4.43 Å². The van der Waals surface area contributed by atoms with Gasteiger partial charge in [0.2, 0.25) is 8.32 Å². The zero-order chi connectivity index (χ0) is 12.2. The van der Waals surface area contributed by atoms with Crippen LogP contribution >= 0.6 is 11.6 Å². The average Bonchev–Trinajstić information content (AvgIpc) is 2.15. The second-order valence-electron chi connectivity index (χ2n) is 4.65. The van der Waals surface area contributed by atoms with Crippen molar-refractivity contribution in [2.45, 2.75) is 33.0 Å². The van der Waals surface area contributed by atoms with Crippen LogP contribution in [0.15, 0.2) is 30.0 Å². The third-order valence-corrected chi connectivity index (χ3v) is 4.39. The fourth-order valence-electron chi connectivity index (χ4n) is 1.52. The van der Waals surface area contributed by atoms with Gasteiger partial charge in [-0.05, 0) is 44.6 Å². The summed E-state index contributed by atoms with van der Waals surface area (Å²) in [5.41, 5.74) is 3.37. The third kappa shape index (κ3) is 4.97. The monoisotopic (exact) mass is 254 g/mol. The lowest BCUT2D eigenvalue weighted by molar-refractivity contribution is 0.238. The molecule has 1 aromatic rings. The minimum Gasteiger partial charge on any atom is -0.411 e. The quantitative estimate of drug-likeness (QED) is 0.718. The van der Waals surface area contributed by atoms with Crippen molar-refractivity contribution in [1.82, 2.24) is 0 Å². The van der Waals surface area contributed by atoms with Gasteiger partial charge in [-0.1, -0.05) is 35.5 Å². The molecule has 16 heavy (non-hydrogen) atoms. The first kappa shape index (κ1) is 13.5. The van der Waals surface area contributed by atoms with E-state index in [4.69, 9.17) is 16.0 Å². The minimum atomic E-state index is -1.68. The van der Waals surface area contributed by atoms with E-state index < -0.39 is 8.32 Å². The summed E-state index contributed by atoms with van der Waals surface area (Å²) >= 11 is 5.83. The molecule has 3 heteroatoms. The molecule has 1 aromatic carbocycles. The summed E-state index contributed by atoms with van der Waals surface area (Å²) < 4.78 is 5.91. The van der Waals surface area contributed by atoms with Crippen LogP contribution in [0.4, 0.5) is 0 Å². The van der Waals surface area contributed by atoms with E-state index in [0.29, 0.717) is 0 Å². The molecule has 1 nitrogen and oxygen atoms in total. The predicted octanol–water partition coefficient (Wildman–Crippen LogP) is 4.52. The van der Waals surface area contributed by atoms with Crippen LogP contribution < -0.4 is 0 Å². The molecule has 0 amide bonds. The molecule has 0 aromatic heterocycles. The highest BCUT2D eigenvalue weighted by molar-refractivity contribution is 6.76. The van der Waals surface area contributed by atoms with Crippen LogP contribution in [-0.4, -0.2) is 14.4 Å². The first-order valence-electron chi connectivity index (χ1n) is 5.52. The molecule has 0 aliphatic rings. The van der Waals surface area contributed by atoms with Crippen molar-refractivity contribution < 1.29 is 4.43 Å². The van der Waals surface area contributed by atoms with Crippen molar-refractivity contribution in [3.63, 3.8) is 0 Å². The number of benzene rings is 1. The normalized spacial score (nSPS) is 12.6.